The lowest BCUT2D eigenvalue weighted by Crippen LogP contribution is -2.49. The van der Waals surface area contributed by atoms with E-state index < -0.39 is 10.0 Å². The highest BCUT2D eigenvalue weighted by molar-refractivity contribution is 7.89. The SMILES string of the molecule is CCNCC1CCN(C(=O)C2CCCN(S(=O)(=O)c3ccccc3)C2)CC1.Cl. The maximum Gasteiger partial charge on any atom is 0.243 e. The van der Waals surface area contributed by atoms with Crippen molar-refractivity contribution >= 4 is 28.3 Å². The minimum absolute atomic E-state index is 0. The van der Waals surface area contributed by atoms with Crippen LogP contribution in [0.25, 0.3) is 0 Å². The Kier molecular flexibility index (Phi) is 8.74. The third kappa shape index (κ3) is 5.47. The number of sulfonamides is 1. The molecule has 0 aromatic heterocycles. The lowest BCUT2D eigenvalue weighted by Gasteiger charge is -2.37. The topological polar surface area (TPSA) is 69.7 Å². The fourth-order valence-electron chi connectivity index (χ4n) is 4.07. The van der Waals surface area contributed by atoms with E-state index in [9.17, 15) is 13.2 Å². The predicted octanol–water partition coefficient (Wildman–Crippen LogP) is 2.36. The number of likely N-dealkylation sites (tertiary alicyclic amines) is 1. The molecule has 2 saturated heterocycles. The second-order valence-electron chi connectivity index (χ2n) is 7.59. The number of carbonyl (C=O) groups excluding carboxylic acids is 1. The number of benzene rings is 1. The molecule has 3 rings (SSSR count). The molecule has 1 aromatic rings. The molecule has 1 atom stereocenters. The van der Waals surface area contributed by atoms with Gasteiger partial charge < -0.3 is 10.2 Å². The maximum atomic E-state index is 13.0. The molecule has 2 fully saturated rings. The van der Waals surface area contributed by atoms with Crippen LogP contribution in [-0.2, 0) is 14.8 Å². The van der Waals surface area contributed by atoms with E-state index in [4.69, 9.17) is 0 Å². The van der Waals surface area contributed by atoms with E-state index in [-0.39, 0.29) is 24.2 Å². The molecular formula is C20H32ClN3O3S. The van der Waals surface area contributed by atoms with Crippen molar-refractivity contribution in [2.24, 2.45) is 11.8 Å². The Morgan fingerprint density at radius 1 is 1.11 bits per heavy atom. The fourth-order valence-corrected chi connectivity index (χ4v) is 5.61. The molecule has 0 spiro atoms. The van der Waals surface area contributed by atoms with E-state index >= 15 is 0 Å². The van der Waals surface area contributed by atoms with E-state index in [0.717, 1.165) is 51.9 Å². The third-order valence-corrected chi connectivity index (χ3v) is 7.60. The van der Waals surface area contributed by atoms with Gasteiger partial charge in [-0.3, -0.25) is 4.79 Å². The summed E-state index contributed by atoms with van der Waals surface area (Å²) in [5, 5.41) is 3.39. The number of nitrogens with one attached hydrogen (secondary N) is 1. The van der Waals surface area contributed by atoms with Crippen molar-refractivity contribution in [2.75, 3.05) is 39.3 Å². The first-order chi connectivity index (χ1) is 13.0. The molecule has 1 amide bonds. The zero-order chi connectivity index (χ0) is 19.3. The van der Waals surface area contributed by atoms with E-state index in [1.807, 2.05) is 4.90 Å². The van der Waals surface area contributed by atoms with Gasteiger partial charge in [-0.1, -0.05) is 25.1 Å². The molecule has 2 aliphatic heterocycles. The van der Waals surface area contributed by atoms with Crippen molar-refractivity contribution in [3.05, 3.63) is 30.3 Å². The summed E-state index contributed by atoms with van der Waals surface area (Å²) in [7, 11) is -3.52. The number of piperidine rings is 2. The average Bonchev–Trinajstić information content (AvgIpc) is 2.73. The molecule has 2 aliphatic rings. The predicted molar refractivity (Wildman–Crippen MR) is 113 cm³/mol. The number of hydrogen-bond acceptors (Lipinski definition) is 4. The molecule has 1 unspecified atom stereocenters. The zero-order valence-corrected chi connectivity index (χ0v) is 18.2. The van der Waals surface area contributed by atoms with E-state index in [2.05, 4.69) is 12.2 Å². The van der Waals surface area contributed by atoms with Crippen LogP contribution in [0.3, 0.4) is 0 Å². The van der Waals surface area contributed by atoms with Crippen LogP contribution in [-0.4, -0.2) is 62.8 Å². The Hall–Kier alpha value is -1.15. The summed E-state index contributed by atoms with van der Waals surface area (Å²) >= 11 is 0. The lowest BCUT2D eigenvalue weighted by atomic mass is 9.93. The average molecular weight is 430 g/mol. The van der Waals surface area contributed by atoms with Crippen molar-refractivity contribution in [3.63, 3.8) is 0 Å². The summed E-state index contributed by atoms with van der Waals surface area (Å²) in [5.41, 5.74) is 0. The highest BCUT2D eigenvalue weighted by atomic mass is 35.5. The van der Waals surface area contributed by atoms with Gasteiger partial charge in [0.2, 0.25) is 15.9 Å². The summed E-state index contributed by atoms with van der Waals surface area (Å²) in [6.45, 7) is 6.47. The standard InChI is InChI=1S/C20H31N3O3S.ClH/c1-2-21-15-17-10-13-22(14-11-17)20(24)18-7-6-12-23(16-18)27(25,26)19-8-4-3-5-9-19;/h3-5,8-9,17-18,21H,2,6-7,10-16H2,1H3;1H. The number of hydrogen-bond donors (Lipinski definition) is 1. The largest absolute Gasteiger partial charge is 0.342 e. The summed E-state index contributed by atoms with van der Waals surface area (Å²) < 4.78 is 27.2. The van der Waals surface area contributed by atoms with Crippen LogP contribution in [0.5, 0.6) is 0 Å². The second-order valence-corrected chi connectivity index (χ2v) is 9.53. The van der Waals surface area contributed by atoms with Crippen LogP contribution in [0.1, 0.15) is 32.6 Å². The van der Waals surface area contributed by atoms with Gasteiger partial charge in [-0.15, -0.1) is 12.4 Å². The molecule has 1 N–H and O–H groups in total. The summed E-state index contributed by atoms with van der Waals surface area (Å²) in [6.07, 6.45) is 3.56. The quantitative estimate of drug-likeness (QED) is 0.753. The summed E-state index contributed by atoms with van der Waals surface area (Å²) in [4.78, 5) is 15.2. The van der Waals surface area contributed by atoms with Gasteiger partial charge in [0, 0.05) is 26.2 Å². The van der Waals surface area contributed by atoms with Gasteiger partial charge in [0.1, 0.15) is 0 Å². The van der Waals surface area contributed by atoms with Crippen molar-refractivity contribution in [1.29, 1.82) is 0 Å². The molecule has 1 aromatic carbocycles. The minimum atomic E-state index is -3.52. The van der Waals surface area contributed by atoms with Crippen molar-refractivity contribution in [2.45, 2.75) is 37.5 Å². The second kappa shape index (κ2) is 10.6. The molecular weight excluding hydrogens is 398 g/mol. The van der Waals surface area contributed by atoms with Gasteiger partial charge in [0.05, 0.1) is 10.8 Å². The number of rotatable bonds is 6. The Morgan fingerprint density at radius 2 is 1.79 bits per heavy atom. The summed E-state index contributed by atoms with van der Waals surface area (Å²) in [6, 6.07) is 8.51. The highest BCUT2D eigenvalue weighted by Crippen LogP contribution is 2.26. The third-order valence-electron chi connectivity index (χ3n) is 5.72. The van der Waals surface area contributed by atoms with E-state index in [0.29, 0.717) is 23.9 Å². The van der Waals surface area contributed by atoms with Crippen LogP contribution in [0.15, 0.2) is 35.2 Å². The Balaban J connectivity index is 0.00000280. The molecule has 6 nitrogen and oxygen atoms in total. The van der Waals surface area contributed by atoms with E-state index in [1.54, 1.807) is 30.3 Å². The number of carbonyl (C=O) groups is 1. The number of halogens is 1. The Labute approximate surface area is 175 Å². The molecule has 0 radical (unpaired) electrons. The zero-order valence-electron chi connectivity index (χ0n) is 16.5. The van der Waals surface area contributed by atoms with Crippen molar-refractivity contribution in [1.82, 2.24) is 14.5 Å². The molecule has 2 heterocycles. The molecule has 158 valence electrons. The molecule has 0 aliphatic carbocycles. The summed E-state index contributed by atoms with van der Waals surface area (Å²) in [5.74, 6) is 0.544. The van der Waals surface area contributed by atoms with Crippen LogP contribution >= 0.6 is 12.4 Å². The van der Waals surface area contributed by atoms with E-state index in [1.165, 1.54) is 4.31 Å². The van der Waals surface area contributed by atoms with Gasteiger partial charge in [-0.25, -0.2) is 8.42 Å². The van der Waals surface area contributed by atoms with Crippen LogP contribution in [0.4, 0.5) is 0 Å². The van der Waals surface area contributed by atoms with Gasteiger partial charge >= 0.3 is 0 Å². The highest BCUT2D eigenvalue weighted by Gasteiger charge is 2.35. The lowest BCUT2D eigenvalue weighted by molar-refractivity contribution is -0.138. The number of amides is 1. The molecule has 8 heteroatoms. The van der Waals surface area contributed by atoms with Gasteiger partial charge in [-0.2, -0.15) is 4.31 Å². The minimum Gasteiger partial charge on any atom is -0.342 e. The van der Waals surface area contributed by atoms with Crippen LogP contribution in [0, 0.1) is 11.8 Å². The van der Waals surface area contributed by atoms with Crippen molar-refractivity contribution < 1.29 is 13.2 Å². The Morgan fingerprint density at radius 3 is 2.43 bits per heavy atom. The molecule has 0 bridgehead atoms. The Bertz CT molecular complexity index is 721. The fraction of sp³-hybridized carbons (Fsp3) is 0.650. The van der Waals surface area contributed by atoms with Gasteiger partial charge in [0.25, 0.3) is 0 Å². The first kappa shape index (κ1) is 23.1. The van der Waals surface area contributed by atoms with Crippen LogP contribution < -0.4 is 5.32 Å². The first-order valence-electron chi connectivity index (χ1n) is 10.1. The van der Waals surface area contributed by atoms with Gasteiger partial charge in [-0.05, 0) is 56.8 Å². The van der Waals surface area contributed by atoms with Crippen LogP contribution in [0.2, 0.25) is 0 Å². The molecule has 0 saturated carbocycles. The molecule has 28 heavy (non-hydrogen) atoms. The monoisotopic (exact) mass is 429 g/mol. The number of nitrogens with zero attached hydrogens (tertiary/aromatic N) is 2. The normalized spacial score (nSPS) is 21.9. The van der Waals surface area contributed by atoms with Gasteiger partial charge in [0.15, 0.2) is 0 Å². The van der Waals surface area contributed by atoms with Crippen molar-refractivity contribution in [3.8, 4) is 0 Å². The smallest absolute Gasteiger partial charge is 0.243 e. The maximum absolute atomic E-state index is 13.0. The first-order valence-corrected chi connectivity index (χ1v) is 11.5.